The van der Waals surface area contributed by atoms with Crippen LogP contribution in [-0.2, 0) is 0 Å². The Morgan fingerprint density at radius 1 is 1.23 bits per heavy atom. The standard InChI is InChI=1S/C12H15F/c1-9-8-11(6-7-12(9)13)10-4-2-3-5-10/h6-8,10H,2-5H2,1H3. The van der Waals surface area contributed by atoms with Crippen LogP contribution >= 0.6 is 0 Å². The van der Waals surface area contributed by atoms with Gasteiger partial charge in [0.05, 0.1) is 0 Å². The fourth-order valence-electron chi connectivity index (χ4n) is 2.18. The maximum atomic E-state index is 13.0. The minimum Gasteiger partial charge on any atom is -0.207 e. The second kappa shape index (κ2) is 3.49. The van der Waals surface area contributed by atoms with E-state index < -0.39 is 0 Å². The normalized spacial score (nSPS) is 18.0. The summed E-state index contributed by atoms with van der Waals surface area (Å²) in [6.45, 7) is 1.84. The van der Waals surface area contributed by atoms with Crippen molar-refractivity contribution in [3.05, 3.63) is 35.1 Å². The summed E-state index contributed by atoms with van der Waals surface area (Å²) in [5, 5.41) is 0. The van der Waals surface area contributed by atoms with Gasteiger partial charge in [0.25, 0.3) is 0 Å². The van der Waals surface area contributed by atoms with Crippen LogP contribution in [0.5, 0.6) is 0 Å². The van der Waals surface area contributed by atoms with E-state index in [0.29, 0.717) is 5.92 Å². The average Bonchev–Trinajstić information content (AvgIpc) is 2.62. The molecule has 1 aliphatic rings. The van der Waals surface area contributed by atoms with Gasteiger partial charge in [-0.1, -0.05) is 25.0 Å². The summed E-state index contributed by atoms with van der Waals surface area (Å²) in [6, 6.07) is 5.55. The predicted octanol–water partition coefficient (Wildman–Crippen LogP) is 3.79. The molecule has 0 heterocycles. The monoisotopic (exact) mass is 178 g/mol. The van der Waals surface area contributed by atoms with E-state index in [4.69, 9.17) is 0 Å². The van der Waals surface area contributed by atoms with Crippen molar-refractivity contribution in [3.63, 3.8) is 0 Å². The molecular weight excluding hydrogens is 163 g/mol. The van der Waals surface area contributed by atoms with Crippen molar-refractivity contribution in [2.45, 2.75) is 38.5 Å². The van der Waals surface area contributed by atoms with E-state index in [1.165, 1.54) is 31.2 Å². The maximum Gasteiger partial charge on any atom is 0.126 e. The first-order valence-electron chi connectivity index (χ1n) is 5.03. The van der Waals surface area contributed by atoms with Gasteiger partial charge < -0.3 is 0 Å². The lowest BCUT2D eigenvalue weighted by atomic mass is 9.96. The molecule has 1 aromatic carbocycles. The zero-order valence-corrected chi connectivity index (χ0v) is 8.02. The quantitative estimate of drug-likeness (QED) is 0.613. The average molecular weight is 178 g/mol. The molecule has 1 aromatic rings. The van der Waals surface area contributed by atoms with E-state index in [-0.39, 0.29) is 5.82 Å². The van der Waals surface area contributed by atoms with Crippen LogP contribution in [0.3, 0.4) is 0 Å². The third-order valence-corrected chi connectivity index (χ3v) is 3.01. The van der Waals surface area contributed by atoms with E-state index in [9.17, 15) is 4.39 Å². The van der Waals surface area contributed by atoms with E-state index in [1.54, 1.807) is 6.07 Å². The van der Waals surface area contributed by atoms with Crippen molar-refractivity contribution in [2.75, 3.05) is 0 Å². The Kier molecular flexibility index (Phi) is 2.34. The second-order valence-corrected chi connectivity index (χ2v) is 3.99. The number of rotatable bonds is 1. The maximum absolute atomic E-state index is 13.0. The fraction of sp³-hybridized carbons (Fsp3) is 0.500. The SMILES string of the molecule is Cc1cc(C2CCCC2)ccc1F. The molecule has 0 N–H and O–H groups in total. The van der Waals surface area contributed by atoms with Crippen molar-refractivity contribution in [1.29, 1.82) is 0 Å². The van der Waals surface area contributed by atoms with Gasteiger partial charge in [-0.05, 0) is 42.9 Å². The van der Waals surface area contributed by atoms with Crippen LogP contribution in [0.4, 0.5) is 4.39 Å². The van der Waals surface area contributed by atoms with Crippen LogP contribution in [-0.4, -0.2) is 0 Å². The summed E-state index contributed by atoms with van der Waals surface area (Å²) in [4.78, 5) is 0. The summed E-state index contributed by atoms with van der Waals surface area (Å²) >= 11 is 0. The summed E-state index contributed by atoms with van der Waals surface area (Å²) in [5.74, 6) is 0.612. The van der Waals surface area contributed by atoms with Crippen LogP contribution in [0.1, 0.15) is 42.7 Å². The lowest BCUT2D eigenvalue weighted by Crippen LogP contribution is -1.93. The van der Waals surface area contributed by atoms with Gasteiger partial charge in [0.1, 0.15) is 5.82 Å². The van der Waals surface area contributed by atoms with Crippen molar-refractivity contribution in [2.24, 2.45) is 0 Å². The zero-order chi connectivity index (χ0) is 9.26. The second-order valence-electron chi connectivity index (χ2n) is 3.99. The van der Waals surface area contributed by atoms with E-state index >= 15 is 0 Å². The number of benzene rings is 1. The number of aryl methyl sites for hydroxylation is 1. The Morgan fingerprint density at radius 2 is 1.92 bits per heavy atom. The molecule has 13 heavy (non-hydrogen) atoms. The van der Waals surface area contributed by atoms with Gasteiger partial charge >= 0.3 is 0 Å². The molecule has 0 aliphatic heterocycles. The molecule has 2 rings (SSSR count). The van der Waals surface area contributed by atoms with Crippen molar-refractivity contribution >= 4 is 0 Å². The highest BCUT2D eigenvalue weighted by atomic mass is 19.1. The molecule has 0 unspecified atom stereocenters. The lowest BCUT2D eigenvalue weighted by Gasteiger charge is -2.10. The molecule has 1 aliphatic carbocycles. The molecular formula is C12H15F. The van der Waals surface area contributed by atoms with Gasteiger partial charge in [-0.15, -0.1) is 0 Å². The molecule has 1 fully saturated rings. The van der Waals surface area contributed by atoms with Gasteiger partial charge in [0.15, 0.2) is 0 Å². The molecule has 1 saturated carbocycles. The fourth-order valence-corrected chi connectivity index (χ4v) is 2.18. The highest BCUT2D eigenvalue weighted by Gasteiger charge is 2.17. The Labute approximate surface area is 78.8 Å². The van der Waals surface area contributed by atoms with Crippen molar-refractivity contribution in [3.8, 4) is 0 Å². The molecule has 0 aromatic heterocycles. The smallest absolute Gasteiger partial charge is 0.126 e. The largest absolute Gasteiger partial charge is 0.207 e. The molecule has 0 nitrogen and oxygen atoms in total. The third-order valence-electron chi connectivity index (χ3n) is 3.01. The van der Waals surface area contributed by atoms with E-state index in [0.717, 1.165) is 5.56 Å². The lowest BCUT2D eigenvalue weighted by molar-refractivity contribution is 0.615. The number of hydrogen-bond acceptors (Lipinski definition) is 0. The highest BCUT2D eigenvalue weighted by molar-refractivity contribution is 5.27. The van der Waals surface area contributed by atoms with Crippen LogP contribution in [0.15, 0.2) is 18.2 Å². The van der Waals surface area contributed by atoms with Gasteiger partial charge in [-0.3, -0.25) is 0 Å². The molecule has 1 heteroatoms. The number of halogens is 1. The zero-order valence-electron chi connectivity index (χ0n) is 8.02. The third kappa shape index (κ3) is 1.74. The Hall–Kier alpha value is -0.850. The highest BCUT2D eigenvalue weighted by Crippen LogP contribution is 2.34. The van der Waals surface area contributed by atoms with Crippen LogP contribution in [0.25, 0.3) is 0 Å². The number of hydrogen-bond donors (Lipinski definition) is 0. The molecule has 0 saturated heterocycles. The van der Waals surface area contributed by atoms with Crippen LogP contribution in [0, 0.1) is 12.7 Å². The van der Waals surface area contributed by atoms with Crippen LogP contribution < -0.4 is 0 Å². The van der Waals surface area contributed by atoms with Crippen molar-refractivity contribution in [1.82, 2.24) is 0 Å². The predicted molar refractivity (Wildman–Crippen MR) is 52.3 cm³/mol. The van der Waals surface area contributed by atoms with Gasteiger partial charge in [-0.25, -0.2) is 4.39 Å². The first-order chi connectivity index (χ1) is 6.27. The molecule has 0 amide bonds. The summed E-state index contributed by atoms with van der Waals surface area (Å²) < 4.78 is 13.0. The molecule has 0 bridgehead atoms. The molecule has 0 radical (unpaired) electrons. The van der Waals surface area contributed by atoms with E-state index in [2.05, 4.69) is 0 Å². The topological polar surface area (TPSA) is 0 Å². The van der Waals surface area contributed by atoms with Gasteiger partial charge in [-0.2, -0.15) is 0 Å². The minimum absolute atomic E-state index is 0.0817. The van der Waals surface area contributed by atoms with Crippen molar-refractivity contribution < 1.29 is 4.39 Å². The van der Waals surface area contributed by atoms with Gasteiger partial charge in [0, 0.05) is 0 Å². The summed E-state index contributed by atoms with van der Waals surface area (Å²) in [7, 11) is 0. The molecule has 70 valence electrons. The first-order valence-corrected chi connectivity index (χ1v) is 5.03. The van der Waals surface area contributed by atoms with E-state index in [1.807, 2.05) is 19.1 Å². The Balaban J connectivity index is 2.25. The molecule has 0 atom stereocenters. The molecule has 0 spiro atoms. The Bertz CT molecular complexity index is 298. The minimum atomic E-state index is -0.0817. The first kappa shape index (κ1) is 8.74. The summed E-state index contributed by atoms with van der Waals surface area (Å²) in [6.07, 6.45) is 5.23. The summed E-state index contributed by atoms with van der Waals surface area (Å²) in [5.41, 5.74) is 2.11. The van der Waals surface area contributed by atoms with Crippen LogP contribution in [0.2, 0.25) is 0 Å². The Morgan fingerprint density at radius 3 is 2.54 bits per heavy atom. The van der Waals surface area contributed by atoms with Gasteiger partial charge in [0.2, 0.25) is 0 Å².